The molecule has 0 saturated carbocycles. The minimum Gasteiger partial charge on any atom is -0.481 e. The molecular weight excluding hydrogens is 590 g/mol. The number of carboxylic acids is 1. The van der Waals surface area contributed by atoms with E-state index in [1.165, 1.54) is 22.3 Å². The van der Waals surface area contributed by atoms with Crippen LogP contribution in [0.25, 0.3) is 0 Å². The number of carbonyl (C=O) groups is 1. The van der Waals surface area contributed by atoms with E-state index in [2.05, 4.69) is 26.4 Å². The lowest BCUT2D eigenvalue weighted by Gasteiger charge is -2.30. The molecule has 1 heterocycles. The lowest BCUT2D eigenvalue weighted by Crippen LogP contribution is -2.30. The highest BCUT2D eigenvalue weighted by Gasteiger charge is 2.37. The van der Waals surface area contributed by atoms with Gasteiger partial charge in [-0.3, -0.25) is 4.79 Å². The van der Waals surface area contributed by atoms with Crippen LogP contribution in [0.3, 0.4) is 0 Å². The highest BCUT2D eigenvalue weighted by molar-refractivity contribution is 5.73. The summed E-state index contributed by atoms with van der Waals surface area (Å²) in [5, 5.41) is 21.6. The maximum atomic E-state index is 13.6. The predicted molar refractivity (Wildman–Crippen MR) is 152 cm³/mol. The van der Waals surface area contributed by atoms with Crippen LogP contribution < -0.4 is 9.80 Å². The topological polar surface area (TPSA) is 87.4 Å². The van der Waals surface area contributed by atoms with Gasteiger partial charge in [-0.05, 0) is 105 Å². The van der Waals surface area contributed by atoms with Gasteiger partial charge in [0.05, 0.1) is 23.6 Å². The van der Waals surface area contributed by atoms with Gasteiger partial charge in [0.1, 0.15) is 0 Å². The van der Waals surface area contributed by atoms with Gasteiger partial charge in [0, 0.05) is 31.9 Å². The molecule has 44 heavy (non-hydrogen) atoms. The number of rotatable bonds is 12. The number of anilines is 2. The summed E-state index contributed by atoms with van der Waals surface area (Å²) in [6.45, 7) is 6.24. The van der Waals surface area contributed by atoms with Crippen LogP contribution in [0.15, 0.2) is 30.3 Å². The van der Waals surface area contributed by atoms with Crippen LogP contribution in [0.2, 0.25) is 0 Å². The van der Waals surface area contributed by atoms with Crippen LogP contribution in [0.5, 0.6) is 0 Å². The number of hydrogen-bond donors (Lipinski definition) is 1. The number of benzene rings is 2. The first-order valence-electron chi connectivity index (χ1n) is 14.4. The summed E-state index contributed by atoms with van der Waals surface area (Å²) in [7, 11) is 1.51. The minimum absolute atomic E-state index is 0.0520. The van der Waals surface area contributed by atoms with Crippen LogP contribution in [0.1, 0.15) is 73.4 Å². The third-order valence-electron chi connectivity index (χ3n) is 7.99. The molecule has 0 fully saturated rings. The van der Waals surface area contributed by atoms with E-state index in [4.69, 9.17) is 0 Å². The Morgan fingerprint density at radius 3 is 2.07 bits per heavy atom. The first-order valence-corrected chi connectivity index (χ1v) is 14.4. The molecule has 0 radical (unpaired) electrons. The lowest BCUT2D eigenvalue weighted by molar-refractivity contribution is -0.147. The molecule has 8 nitrogen and oxygen atoms in total. The van der Waals surface area contributed by atoms with Gasteiger partial charge in [0.15, 0.2) is 0 Å². The average Bonchev–Trinajstić information content (AvgIpc) is 3.57. The van der Waals surface area contributed by atoms with Gasteiger partial charge >= 0.3 is 18.3 Å². The Labute approximate surface area is 251 Å². The summed E-state index contributed by atoms with van der Waals surface area (Å²) >= 11 is 0. The minimum atomic E-state index is -4.98. The van der Waals surface area contributed by atoms with E-state index in [1.54, 1.807) is 13.8 Å². The molecule has 0 atom stereocenters. The average molecular weight is 627 g/mol. The summed E-state index contributed by atoms with van der Waals surface area (Å²) in [5.74, 6) is -0.828. The SMILES string of the molecule is CCN(CCCC(C)(C)C(=O)O)c1cc2c(cc1CN(Cc1cc(C(F)(F)F)cc(C(F)(F)F)c1)c1nnn(C)n1)CCC2. The van der Waals surface area contributed by atoms with E-state index in [1.807, 2.05) is 13.0 Å². The van der Waals surface area contributed by atoms with Crippen molar-refractivity contribution in [3.63, 3.8) is 0 Å². The van der Waals surface area contributed by atoms with Crippen molar-refractivity contribution in [3.8, 4) is 0 Å². The predicted octanol–water partition coefficient (Wildman–Crippen LogP) is 6.66. The molecule has 0 unspecified atom stereocenters. The molecule has 0 spiro atoms. The lowest BCUT2D eigenvalue weighted by atomic mass is 9.88. The van der Waals surface area contributed by atoms with E-state index >= 15 is 0 Å². The van der Waals surface area contributed by atoms with Gasteiger partial charge in [-0.15, -0.1) is 5.10 Å². The van der Waals surface area contributed by atoms with E-state index in [0.717, 1.165) is 36.1 Å². The smallest absolute Gasteiger partial charge is 0.416 e. The number of aromatic nitrogens is 4. The van der Waals surface area contributed by atoms with Crippen molar-refractivity contribution in [2.24, 2.45) is 12.5 Å². The van der Waals surface area contributed by atoms with E-state index in [9.17, 15) is 36.2 Å². The Balaban J connectivity index is 1.73. The van der Waals surface area contributed by atoms with Crippen molar-refractivity contribution in [3.05, 3.63) is 63.7 Å². The number of nitrogens with zero attached hydrogens (tertiary/aromatic N) is 6. The number of fused-ring (bicyclic) bond motifs is 1. The third kappa shape index (κ3) is 7.81. The maximum Gasteiger partial charge on any atom is 0.416 e. The number of aliphatic carboxylic acids is 1. The van der Waals surface area contributed by atoms with Gasteiger partial charge < -0.3 is 14.9 Å². The van der Waals surface area contributed by atoms with Gasteiger partial charge in [-0.25, -0.2) is 0 Å². The maximum absolute atomic E-state index is 13.6. The molecule has 0 amide bonds. The summed E-state index contributed by atoms with van der Waals surface area (Å²) in [6.07, 6.45) is -6.18. The van der Waals surface area contributed by atoms with E-state index in [-0.39, 0.29) is 30.7 Å². The molecule has 1 aliphatic carbocycles. The van der Waals surface area contributed by atoms with Crippen LogP contribution in [0, 0.1) is 5.41 Å². The van der Waals surface area contributed by atoms with Gasteiger partial charge in [-0.1, -0.05) is 11.2 Å². The normalized spacial score (nSPS) is 13.7. The molecule has 240 valence electrons. The fourth-order valence-corrected chi connectivity index (χ4v) is 5.49. The Morgan fingerprint density at radius 1 is 0.932 bits per heavy atom. The summed E-state index contributed by atoms with van der Waals surface area (Å²) in [6, 6.07) is 5.67. The van der Waals surface area contributed by atoms with Crippen molar-refractivity contribution < 1.29 is 36.2 Å². The van der Waals surface area contributed by atoms with Crippen LogP contribution in [-0.4, -0.2) is 44.4 Å². The Morgan fingerprint density at radius 2 is 1.55 bits per heavy atom. The molecule has 4 rings (SSSR count). The van der Waals surface area contributed by atoms with Crippen LogP contribution in [-0.2, 0) is 50.1 Å². The molecule has 3 aromatic rings. The van der Waals surface area contributed by atoms with Gasteiger partial charge in [0.25, 0.3) is 5.95 Å². The van der Waals surface area contributed by atoms with Crippen molar-refractivity contribution in [2.45, 2.75) is 78.3 Å². The first kappa shape index (κ1) is 33.1. The fourth-order valence-electron chi connectivity index (χ4n) is 5.49. The van der Waals surface area contributed by atoms with Gasteiger partial charge in [0.2, 0.25) is 0 Å². The van der Waals surface area contributed by atoms with Crippen LogP contribution >= 0.6 is 0 Å². The summed E-state index contributed by atoms with van der Waals surface area (Å²) in [5.41, 5.74) is 0.112. The second kappa shape index (κ2) is 12.6. The Kier molecular flexibility index (Phi) is 9.50. The highest BCUT2D eigenvalue weighted by atomic mass is 19.4. The monoisotopic (exact) mass is 626 g/mol. The zero-order valence-corrected chi connectivity index (χ0v) is 25.1. The number of carboxylic acid groups (broad SMARTS) is 1. The zero-order chi connectivity index (χ0) is 32.4. The van der Waals surface area contributed by atoms with E-state index in [0.29, 0.717) is 38.1 Å². The molecule has 2 aromatic carbocycles. The summed E-state index contributed by atoms with van der Waals surface area (Å²) < 4.78 is 81.7. The zero-order valence-electron chi connectivity index (χ0n) is 25.1. The standard InChI is InChI=1S/C30H36F6N6O2/c1-5-41(11-7-10-28(2,3)26(43)44)25-15-21-9-6-8-20(21)14-22(25)18-42(27-37-39-40(4)38-27)17-19-12-23(29(31,32)33)16-24(13-19)30(34,35)36/h12-16H,5-11,17-18H2,1-4H3,(H,43,44). The number of aryl methyl sites for hydroxylation is 3. The molecule has 1 N–H and O–H groups in total. The molecule has 1 aliphatic rings. The van der Waals surface area contributed by atoms with Crippen molar-refractivity contribution in [2.75, 3.05) is 22.9 Å². The van der Waals surface area contributed by atoms with Crippen molar-refractivity contribution in [1.82, 2.24) is 20.2 Å². The molecular formula is C30H36F6N6O2. The molecule has 0 saturated heterocycles. The molecule has 1 aromatic heterocycles. The first-order chi connectivity index (χ1) is 20.5. The number of alkyl halides is 6. The number of tetrazole rings is 1. The molecule has 0 bridgehead atoms. The second-order valence-electron chi connectivity index (χ2n) is 11.8. The largest absolute Gasteiger partial charge is 0.481 e. The number of hydrogen-bond acceptors (Lipinski definition) is 6. The van der Waals surface area contributed by atoms with E-state index < -0.39 is 34.9 Å². The Bertz CT molecular complexity index is 1450. The quantitative estimate of drug-likeness (QED) is 0.225. The van der Waals surface area contributed by atoms with Gasteiger partial charge in [-0.2, -0.15) is 31.1 Å². The molecule has 14 heteroatoms. The fraction of sp³-hybridized carbons (Fsp3) is 0.533. The Hall–Kier alpha value is -3.84. The molecule has 0 aliphatic heterocycles. The highest BCUT2D eigenvalue weighted by Crippen LogP contribution is 2.38. The number of halogens is 6. The second-order valence-corrected chi connectivity index (χ2v) is 11.8. The van der Waals surface area contributed by atoms with Crippen molar-refractivity contribution in [1.29, 1.82) is 0 Å². The van der Waals surface area contributed by atoms with Crippen LogP contribution in [0.4, 0.5) is 38.0 Å². The van der Waals surface area contributed by atoms with Crippen molar-refractivity contribution >= 4 is 17.6 Å². The third-order valence-corrected chi connectivity index (χ3v) is 7.99. The summed E-state index contributed by atoms with van der Waals surface area (Å²) in [4.78, 5) is 16.4.